The maximum atomic E-state index is 12.1. The number of benzene rings is 1. The summed E-state index contributed by atoms with van der Waals surface area (Å²) in [5.74, 6) is 0.695. The molecule has 1 aromatic heterocycles. The molecule has 19 heavy (non-hydrogen) atoms. The van der Waals surface area contributed by atoms with Gasteiger partial charge in [-0.25, -0.2) is 13.1 Å². The van der Waals surface area contributed by atoms with Gasteiger partial charge in [-0.15, -0.1) is 0 Å². The summed E-state index contributed by atoms with van der Waals surface area (Å²) in [7, 11) is -3.60. The first-order chi connectivity index (χ1) is 8.87. The predicted molar refractivity (Wildman–Crippen MR) is 71.9 cm³/mol. The van der Waals surface area contributed by atoms with Gasteiger partial charge in [0.25, 0.3) is 0 Å². The lowest BCUT2D eigenvalue weighted by molar-refractivity contribution is 0.387. The van der Waals surface area contributed by atoms with Gasteiger partial charge < -0.3 is 4.52 Å². The van der Waals surface area contributed by atoms with Crippen LogP contribution in [0.25, 0.3) is 0 Å². The van der Waals surface area contributed by atoms with Gasteiger partial charge >= 0.3 is 0 Å². The number of aromatic nitrogens is 2. The first-order valence-corrected chi connectivity index (χ1v) is 7.70. The van der Waals surface area contributed by atoms with Gasteiger partial charge in [-0.3, -0.25) is 0 Å². The maximum Gasteiger partial charge on any atom is 0.241 e. The van der Waals surface area contributed by atoms with Crippen molar-refractivity contribution in [1.82, 2.24) is 14.9 Å². The zero-order chi connectivity index (χ0) is 14.0. The third-order valence-corrected chi connectivity index (χ3v) is 4.15. The summed E-state index contributed by atoms with van der Waals surface area (Å²) in [5.41, 5.74) is 0.852. The monoisotopic (exact) mass is 345 g/mol. The van der Waals surface area contributed by atoms with E-state index in [1.165, 1.54) is 6.07 Å². The van der Waals surface area contributed by atoms with Gasteiger partial charge in [-0.1, -0.05) is 21.1 Å². The Morgan fingerprint density at radius 1 is 1.32 bits per heavy atom. The Morgan fingerprint density at radius 3 is 2.63 bits per heavy atom. The molecule has 0 saturated carbocycles. The van der Waals surface area contributed by atoms with Crippen molar-refractivity contribution < 1.29 is 12.9 Å². The molecule has 1 heterocycles. The van der Waals surface area contributed by atoms with Crippen LogP contribution in [0.1, 0.15) is 17.3 Å². The van der Waals surface area contributed by atoms with Crippen LogP contribution in [0.2, 0.25) is 0 Å². The van der Waals surface area contributed by atoms with E-state index in [4.69, 9.17) is 4.52 Å². The molecule has 0 saturated heterocycles. The normalized spacial score (nSPS) is 11.7. The molecule has 0 aliphatic carbocycles. The molecule has 8 heteroatoms. The number of hydrogen-bond acceptors (Lipinski definition) is 5. The Kier molecular flexibility index (Phi) is 4.02. The van der Waals surface area contributed by atoms with E-state index < -0.39 is 10.0 Å². The van der Waals surface area contributed by atoms with Crippen molar-refractivity contribution >= 4 is 26.0 Å². The number of nitrogens with zero attached hydrogens (tertiary/aromatic N) is 2. The molecule has 0 unspecified atom stereocenters. The summed E-state index contributed by atoms with van der Waals surface area (Å²) in [6.45, 7) is 3.46. The summed E-state index contributed by atoms with van der Waals surface area (Å²) in [5, 5.41) is 3.63. The van der Waals surface area contributed by atoms with Crippen LogP contribution in [0.5, 0.6) is 0 Å². The van der Waals surface area contributed by atoms with Gasteiger partial charge in [0.05, 0.1) is 11.4 Å². The number of nitrogens with one attached hydrogen (secondary N) is 1. The van der Waals surface area contributed by atoms with Gasteiger partial charge in [0.15, 0.2) is 5.82 Å². The van der Waals surface area contributed by atoms with E-state index in [9.17, 15) is 8.42 Å². The SMILES string of the molecule is Cc1cc(Br)cc(S(=O)(=O)NCc2noc(C)n2)c1. The van der Waals surface area contributed by atoms with Crippen LogP contribution < -0.4 is 4.72 Å². The van der Waals surface area contributed by atoms with E-state index >= 15 is 0 Å². The topological polar surface area (TPSA) is 85.1 Å². The summed E-state index contributed by atoms with van der Waals surface area (Å²) < 4.78 is 32.1. The zero-order valence-corrected chi connectivity index (χ0v) is 12.7. The third kappa shape index (κ3) is 3.62. The van der Waals surface area contributed by atoms with Crippen molar-refractivity contribution in [3.63, 3.8) is 0 Å². The number of aryl methyl sites for hydroxylation is 2. The Balaban J connectivity index is 2.18. The quantitative estimate of drug-likeness (QED) is 0.914. The largest absolute Gasteiger partial charge is 0.340 e. The fourth-order valence-electron chi connectivity index (χ4n) is 1.51. The van der Waals surface area contributed by atoms with Crippen molar-refractivity contribution in [2.75, 3.05) is 0 Å². The van der Waals surface area contributed by atoms with Gasteiger partial charge in [0.2, 0.25) is 15.9 Å². The van der Waals surface area contributed by atoms with Gasteiger partial charge in [0.1, 0.15) is 0 Å². The van der Waals surface area contributed by atoms with Crippen LogP contribution in [-0.2, 0) is 16.6 Å². The smallest absolute Gasteiger partial charge is 0.241 e. The number of rotatable bonds is 4. The molecule has 102 valence electrons. The number of sulfonamides is 1. The standard InChI is InChI=1S/C11H12BrN3O3S/c1-7-3-9(12)5-10(4-7)19(16,17)13-6-11-14-8(2)18-15-11/h3-5,13H,6H2,1-2H3. The molecule has 0 aliphatic heterocycles. The van der Waals surface area contributed by atoms with Crippen LogP contribution in [-0.4, -0.2) is 18.6 Å². The summed E-state index contributed by atoms with van der Waals surface area (Å²) in [6, 6.07) is 4.97. The second kappa shape index (κ2) is 5.40. The second-order valence-corrected chi connectivity index (χ2v) is 6.70. The molecule has 6 nitrogen and oxygen atoms in total. The van der Waals surface area contributed by atoms with Crippen LogP contribution in [0.4, 0.5) is 0 Å². The van der Waals surface area contributed by atoms with Crippen LogP contribution in [0, 0.1) is 13.8 Å². The summed E-state index contributed by atoms with van der Waals surface area (Å²) >= 11 is 3.27. The second-order valence-electron chi connectivity index (χ2n) is 4.02. The fourth-order valence-corrected chi connectivity index (χ4v) is 3.38. The molecule has 1 aromatic carbocycles. The van der Waals surface area contributed by atoms with E-state index in [-0.39, 0.29) is 11.4 Å². The minimum absolute atomic E-state index is 0.00870. The molecule has 0 fully saturated rings. The van der Waals surface area contributed by atoms with Crippen molar-refractivity contribution in [2.24, 2.45) is 0 Å². The Hall–Kier alpha value is -1.25. The Labute approximate surface area is 119 Å². The molecule has 1 N–H and O–H groups in total. The van der Waals surface area contributed by atoms with Crippen LogP contribution in [0.3, 0.4) is 0 Å². The molecule has 0 bridgehead atoms. The lowest BCUT2D eigenvalue weighted by atomic mass is 10.2. The van der Waals surface area contributed by atoms with E-state index in [2.05, 4.69) is 30.8 Å². The average Bonchev–Trinajstić information content (AvgIpc) is 2.71. The molecule has 2 aromatic rings. The van der Waals surface area contributed by atoms with Gasteiger partial charge in [-0.05, 0) is 30.7 Å². The third-order valence-electron chi connectivity index (χ3n) is 2.32. The molecule has 0 aliphatic rings. The van der Waals surface area contributed by atoms with Gasteiger partial charge in [0, 0.05) is 11.4 Å². The first-order valence-electron chi connectivity index (χ1n) is 5.43. The van der Waals surface area contributed by atoms with E-state index in [1.807, 2.05) is 13.0 Å². The molecule has 0 radical (unpaired) electrons. The highest BCUT2D eigenvalue weighted by Crippen LogP contribution is 2.19. The Morgan fingerprint density at radius 2 is 2.05 bits per heavy atom. The minimum Gasteiger partial charge on any atom is -0.340 e. The predicted octanol–water partition coefficient (Wildman–Crippen LogP) is 1.93. The van der Waals surface area contributed by atoms with Crippen molar-refractivity contribution in [2.45, 2.75) is 25.3 Å². The van der Waals surface area contributed by atoms with E-state index in [0.29, 0.717) is 16.2 Å². The summed E-state index contributed by atoms with van der Waals surface area (Å²) in [6.07, 6.45) is 0. The van der Waals surface area contributed by atoms with Crippen LogP contribution >= 0.6 is 15.9 Å². The van der Waals surface area contributed by atoms with Crippen molar-refractivity contribution in [3.8, 4) is 0 Å². The van der Waals surface area contributed by atoms with Crippen LogP contribution in [0.15, 0.2) is 32.1 Å². The first kappa shape index (κ1) is 14.2. The van der Waals surface area contributed by atoms with E-state index in [0.717, 1.165) is 5.56 Å². The lowest BCUT2D eigenvalue weighted by Crippen LogP contribution is -2.24. The van der Waals surface area contributed by atoms with E-state index in [1.54, 1.807) is 13.0 Å². The van der Waals surface area contributed by atoms with Crippen molar-refractivity contribution in [3.05, 3.63) is 40.0 Å². The molecule has 0 amide bonds. The molecule has 0 atom stereocenters. The summed E-state index contributed by atoms with van der Waals surface area (Å²) in [4.78, 5) is 4.12. The lowest BCUT2D eigenvalue weighted by Gasteiger charge is -2.06. The highest BCUT2D eigenvalue weighted by molar-refractivity contribution is 9.10. The molecular weight excluding hydrogens is 334 g/mol. The molecule has 0 spiro atoms. The fraction of sp³-hybridized carbons (Fsp3) is 0.273. The molecule has 2 rings (SSSR count). The molecular formula is C11H12BrN3O3S. The number of halogens is 1. The Bertz CT molecular complexity index is 677. The highest BCUT2D eigenvalue weighted by Gasteiger charge is 2.16. The minimum atomic E-state index is -3.60. The average molecular weight is 346 g/mol. The number of hydrogen-bond donors (Lipinski definition) is 1. The highest BCUT2D eigenvalue weighted by atomic mass is 79.9. The van der Waals surface area contributed by atoms with Crippen molar-refractivity contribution in [1.29, 1.82) is 0 Å². The zero-order valence-electron chi connectivity index (χ0n) is 10.3. The van der Waals surface area contributed by atoms with Gasteiger partial charge in [-0.2, -0.15) is 4.98 Å². The maximum absolute atomic E-state index is 12.1.